The first-order chi connectivity index (χ1) is 19.0. The van der Waals surface area contributed by atoms with Gasteiger partial charge in [0, 0.05) is 36.8 Å². The van der Waals surface area contributed by atoms with Crippen LogP contribution in [0.1, 0.15) is 54.6 Å². The number of nitrogens with zero attached hydrogens (tertiary/aromatic N) is 2. The summed E-state index contributed by atoms with van der Waals surface area (Å²) in [6, 6.07) is 19.8. The highest BCUT2D eigenvalue weighted by atomic mass is 16.5. The van der Waals surface area contributed by atoms with Crippen LogP contribution in [0.3, 0.4) is 0 Å². The lowest BCUT2D eigenvalue weighted by Gasteiger charge is -2.15. The summed E-state index contributed by atoms with van der Waals surface area (Å²) in [6.07, 6.45) is 4.43. The van der Waals surface area contributed by atoms with E-state index in [1.807, 2.05) is 48.5 Å². The van der Waals surface area contributed by atoms with Crippen molar-refractivity contribution in [2.45, 2.75) is 38.6 Å². The summed E-state index contributed by atoms with van der Waals surface area (Å²) >= 11 is 0. The van der Waals surface area contributed by atoms with Gasteiger partial charge in [-0.3, -0.25) is 14.8 Å². The summed E-state index contributed by atoms with van der Waals surface area (Å²) in [6.45, 7) is 4.09. The Kier molecular flexibility index (Phi) is 9.98. The van der Waals surface area contributed by atoms with Gasteiger partial charge in [-0.05, 0) is 55.6 Å². The molecule has 0 aliphatic heterocycles. The third-order valence-corrected chi connectivity index (χ3v) is 6.51. The zero-order valence-corrected chi connectivity index (χ0v) is 22.0. The Balaban J connectivity index is 1.26. The third-order valence-electron chi connectivity index (χ3n) is 6.51. The third kappa shape index (κ3) is 7.86. The van der Waals surface area contributed by atoms with E-state index in [1.165, 1.54) is 5.56 Å². The molecule has 10 nitrogen and oxygen atoms in total. The molecule has 204 valence electrons. The Morgan fingerprint density at radius 3 is 2.51 bits per heavy atom. The van der Waals surface area contributed by atoms with Gasteiger partial charge in [-0.15, -0.1) is 0 Å². The molecule has 0 spiro atoms. The second kappa shape index (κ2) is 14.0. The number of nitrogens with one attached hydrogen (secondary N) is 5. The highest BCUT2D eigenvalue weighted by Gasteiger charge is 2.13. The number of hydroxylamine groups is 1. The standard InChI is InChI=1S/C29H35N7O3/c1-20(21-8-4-2-5-9-21)34-27-24-18-25(35-28(24)33-19-32-27)22-11-13-23(14-12-22)29(38)31-17-16-30-15-7-3-6-10-26(37)36-39/h2,4-5,8-9,11-14,18-20,30,39H,3,6-7,10,15-17H2,1H3,(H,31,38)(H,36,37)(H2,32,33,34,35). The molecule has 0 aliphatic rings. The van der Waals surface area contributed by atoms with E-state index in [1.54, 1.807) is 11.8 Å². The van der Waals surface area contributed by atoms with Crippen LogP contribution in [0.2, 0.25) is 0 Å². The normalized spacial score (nSPS) is 11.7. The molecule has 4 aromatic rings. The van der Waals surface area contributed by atoms with Crippen LogP contribution < -0.4 is 21.4 Å². The predicted octanol–water partition coefficient (Wildman–Crippen LogP) is 4.18. The molecule has 2 amide bonds. The van der Waals surface area contributed by atoms with E-state index in [2.05, 4.69) is 50.0 Å². The minimum absolute atomic E-state index is 0.0859. The number of hydrogen-bond acceptors (Lipinski definition) is 7. The first-order valence-corrected chi connectivity index (χ1v) is 13.2. The van der Waals surface area contributed by atoms with Gasteiger partial charge in [0.05, 0.1) is 5.39 Å². The maximum atomic E-state index is 12.5. The molecule has 0 aliphatic carbocycles. The monoisotopic (exact) mass is 529 g/mol. The number of hydrogen-bond donors (Lipinski definition) is 6. The summed E-state index contributed by atoms with van der Waals surface area (Å²) in [5.74, 6) is 0.282. The molecule has 1 unspecified atom stereocenters. The fraction of sp³-hybridized carbons (Fsp3) is 0.310. The van der Waals surface area contributed by atoms with Crippen LogP contribution in [0.25, 0.3) is 22.3 Å². The van der Waals surface area contributed by atoms with Gasteiger partial charge < -0.3 is 20.9 Å². The van der Waals surface area contributed by atoms with Gasteiger partial charge in [0.1, 0.15) is 17.8 Å². The van der Waals surface area contributed by atoms with E-state index in [0.29, 0.717) is 25.1 Å². The SMILES string of the molecule is CC(Nc1ncnc2[nH]c(-c3ccc(C(=O)NCCNCCCCCC(=O)NO)cc3)cc12)c1ccccc1. The fourth-order valence-corrected chi connectivity index (χ4v) is 4.30. The van der Waals surface area contributed by atoms with Crippen molar-refractivity contribution in [3.05, 3.63) is 78.1 Å². The minimum atomic E-state index is -0.357. The molecule has 0 fully saturated rings. The van der Waals surface area contributed by atoms with Crippen LogP contribution in [-0.2, 0) is 4.79 Å². The molecular formula is C29H35N7O3. The minimum Gasteiger partial charge on any atom is -0.363 e. The van der Waals surface area contributed by atoms with Crippen molar-refractivity contribution in [3.8, 4) is 11.3 Å². The Labute approximate surface area is 227 Å². The second-order valence-electron chi connectivity index (χ2n) is 9.37. The highest BCUT2D eigenvalue weighted by Crippen LogP contribution is 2.29. The molecule has 6 N–H and O–H groups in total. The Bertz CT molecular complexity index is 1360. The predicted molar refractivity (Wildman–Crippen MR) is 151 cm³/mol. The quantitative estimate of drug-likeness (QED) is 0.0817. The topological polar surface area (TPSA) is 144 Å². The lowest BCUT2D eigenvalue weighted by Crippen LogP contribution is -2.32. The lowest BCUT2D eigenvalue weighted by molar-refractivity contribution is -0.129. The van der Waals surface area contributed by atoms with Crippen LogP contribution in [0, 0.1) is 0 Å². The van der Waals surface area contributed by atoms with Crippen LogP contribution in [0.5, 0.6) is 0 Å². The molecule has 0 bridgehead atoms. The van der Waals surface area contributed by atoms with E-state index in [9.17, 15) is 9.59 Å². The van der Waals surface area contributed by atoms with Crippen molar-refractivity contribution in [1.29, 1.82) is 0 Å². The van der Waals surface area contributed by atoms with Crippen LogP contribution in [-0.4, -0.2) is 51.6 Å². The molecular weight excluding hydrogens is 494 g/mol. The Morgan fingerprint density at radius 1 is 0.949 bits per heavy atom. The maximum Gasteiger partial charge on any atom is 0.251 e. The summed E-state index contributed by atoms with van der Waals surface area (Å²) < 4.78 is 0. The van der Waals surface area contributed by atoms with E-state index in [-0.39, 0.29) is 17.9 Å². The number of benzene rings is 2. The second-order valence-corrected chi connectivity index (χ2v) is 9.37. The number of amides is 2. The summed E-state index contributed by atoms with van der Waals surface area (Å²) in [5.41, 5.74) is 5.99. The average molecular weight is 530 g/mol. The van der Waals surface area contributed by atoms with Crippen molar-refractivity contribution in [2.24, 2.45) is 0 Å². The van der Waals surface area contributed by atoms with Gasteiger partial charge in [-0.25, -0.2) is 15.4 Å². The van der Waals surface area contributed by atoms with Crippen molar-refractivity contribution >= 4 is 28.7 Å². The molecule has 1 atom stereocenters. The smallest absolute Gasteiger partial charge is 0.251 e. The molecule has 4 rings (SSSR count). The van der Waals surface area contributed by atoms with E-state index in [4.69, 9.17) is 5.21 Å². The maximum absolute atomic E-state index is 12.5. The van der Waals surface area contributed by atoms with Crippen molar-refractivity contribution in [2.75, 3.05) is 25.0 Å². The molecule has 2 aromatic carbocycles. The number of unbranched alkanes of at least 4 members (excludes halogenated alkanes) is 2. The number of H-pyrrole nitrogens is 1. The summed E-state index contributed by atoms with van der Waals surface area (Å²) in [5, 5.41) is 19.1. The summed E-state index contributed by atoms with van der Waals surface area (Å²) in [4.78, 5) is 35.7. The number of anilines is 1. The molecule has 39 heavy (non-hydrogen) atoms. The number of rotatable bonds is 14. The number of aromatic nitrogens is 3. The van der Waals surface area contributed by atoms with Gasteiger partial charge >= 0.3 is 0 Å². The molecule has 0 saturated heterocycles. The Morgan fingerprint density at radius 2 is 1.74 bits per heavy atom. The molecule has 10 heteroatoms. The number of carbonyl (C=O) groups is 2. The van der Waals surface area contributed by atoms with Crippen molar-refractivity contribution in [3.63, 3.8) is 0 Å². The van der Waals surface area contributed by atoms with Crippen molar-refractivity contribution < 1.29 is 14.8 Å². The average Bonchev–Trinajstić information content (AvgIpc) is 3.42. The first kappa shape index (κ1) is 27.7. The molecule has 0 radical (unpaired) electrons. The van der Waals surface area contributed by atoms with Gasteiger partial charge in [-0.1, -0.05) is 48.9 Å². The molecule has 2 heterocycles. The Hall–Kier alpha value is -4.28. The summed E-state index contributed by atoms with van der Waals surface area (Å²) in [7, 11) is 0. The van der Waals surface area contributed by atoms with E-state index >= 15 is 0 Å². The van der Waals surface area contributed by atoms with Crippen LogP contribution in [0.15, 0.2) is 67.0 Å². The lowest BCUT2D eigenvalue weighted by atomic mass is 10.1. The first-order valence-electron chi connectivity index (χ1n) is 13.2. The number of fused-ring (bicyclic) bond motifs is 1. The van der Waals surface area contributed by atoms with E-state index in [0.717, 1.165) is 53.9 Å². The largest absolute Gasteiger partial charge is 0.363 e. The van der Waals surface area contributed by atoms with Crippen molar-refractivity contribution in [1.82, 2.24) is 31.1 Å². The van der Waals surface area contributed by atoms with Gasteiger partial charge in [0.25, 0.3) is 5.91 Å². The number of aromatic amines is 1. The van der Waals surface area contributed by atoms with E-state index < -0.39 is 0 Å². The zero-order valence-electron chi connectivity index (χ0n) is 22.0. The van der Waals surface area contributed by atoms with Crippen LogP contribution in [0.4, 0.5) is 5.82 Å². The van der Waals surface area contributed by atoms with Gasteiger partial charge in [0.15, 0.2) is 0 Å². The molecule has 2 aromatic heterocycles. The van der Waals surface area contributed by atoms with Gasteiger partial charge in [-0.2, -0.15) is 0 Å². The van der Waals surface area contributed by atoms with Crippen LogP contribution >= 0.6 is 0 Å². The molecule has 0 saturated carbocycles. The number of carbonyl (C=O) groups excluding carboxylic acids is 2. The van der Waals surface area contributed by atoms with Gasteiger partial charge in [0.2, 0.25) is 5.91 Å². The zero-order chi connectivity index (χ0) is 27.5. The highest BCUT2D eigenvalue weighted by molar-refractivity contribution is 5.95. The fourth-order valence-electron chi connectivity index (χ4n) is 4.30.